The Labute approximate surface area is 247 Å². The lowest BCUT2D eigenvalue weighted by atomic mass is 9.83. The molecule has 1 saturated carbocycles. The number of nitrogens with zero attached hydrogens (tertiary/aromatic N) is 1. The van der Waals surface area contributed by atoms with Gasteiger partial charge in [0.2, 0.25) is 0 Å². The number of carbonyl (C=O) groups is 1. The van der Waals surface area contributed by atoms with Gasteiger partial charge in [0.1, 0.15) is 23.4 Å². The topological polar surface area (TPSA) is 40.5 Å². The predicted octanol–water partition coefficient (Wildman–Crippen LogP) is 9.85. The average Bonchev–Trinajstić information content (AvgIpc) is 3.46. The van der Waals surface area contributed by atoms with E-state index in [-0.39, 0.29) is 30.2 Å². The van der Waals surface area contributed by atoms with E-state index in [1.54, 1.807) is 28.8 Å². The number of unbranched alkanes of at least 4 members (excludes halogenated alkanes) is 2. The molecule has 0 amide bonds. The van der Waals surface area contributed by atoms with Crippen LogP contribution < -0.4 is 4.74 Å². The molecule has 0 saturated heterocycles. The SMILES string of the molecule is C=CC(=O)OC1CCC(Oc2ccc3cc(-c4ccc(CCCCC)cc4C(F)(F)F)n(C(C)C)c3c2)C1(C)C(F)(F)F. The summed E-state index contributed by atoms with van der Waals surface area (Å²) < 4.78 is 98.8. The van der Waals surface area contributed by atoms with E-state index in [0.717, 1.165) is 32.3 Å². The average molecular weight is 610 g/mol. The molecule has 0 spiro atoms. The summed E-state index contributed by atoms with van der Waals surface area (Å²) >= 11 is 0. The van der Waals surface area contributed by atoms with Crippen LogP contribution in [0.15, 0.2) is 55.1 Å². The van der Waals surface area contributed by atoms with E-state index in [1.165, 1.54) is 18.2 Å². The van der Waals surface area contributed by atoms with Crippen molar-refractivity contribution in [2.24, 2.45) is 5.41 Å². The van der Waals surface area contributed by atoms with Gasteiger partial charge in [-0.3, -0.25) is 0 Å². The number of halogens is 6. The summed E-state index contributed by atoms with van der Waals surface area (Å²) in [6.07, 6.45) is -8.14. The Morgan fingerprint density at radius 1 is 1.05 bits per heavy atom. The Hall–Kier alpha value is -3.43. The van der Waals surface area contributed by atoms with Gasteiger partial charge in [-0.2, -0.15) is 26.3 Å². The fourth-order valence-electron chi connectivity index (χ4n) is 6.01. The van der Waals surface area contributed by atoms with Gasteiger partial charge < -0.3 is 14.0 Å². The first-order valence-corrected chi connectivity index (χ1v) is 14.5. The van der Waals surface area contributed by atoms with Gasteiger partial charge in [-0.25, -0.2) is 4.79 Å². The van der Waals surface area contributed by atoms with E-state index in [4.69, 9.17) is 9.47 Å². The summed E-state index contributed by atoms with van der Waals surface area (Å²) in [5, 5.41) is 0.624. The van der Waals surface area contributed by atoms with E-state index in [0.29, 0.717) is 28.6 Å². The number of alkyl halides is 6. The third-order valence-electron chi connectivity index (χ3n) is 8.41. The molecule has 10 heteroatoms. The molecule has 4 nitrogen and oxygen atoms in total. The summed E-state index contributed by atoms with van der Waals surface area (Å²) in [7, 11) is 0. The highest BCUT2D eigenvalue weighted by Gasteiger charge is 2.66. The molecule has 0 aliphatic heterocycles. The van der Waals surface area contributed by atoms with Crippen LogP contribution in [-0.4, -0.2) is 28.9 Å². The number of esters is 1. The molecule has 1 aliphatic rings. The van der Waals surface area contributed by atoms with Crippen LogP contribution in [0, 0.1) is 5.41 Å². The Morgan fingerprint density at radius 2 is 1.74 bits per heavy atom. The van der Waals surface area contributed by atoms with Crippen molar-refractivity contribution in [2.45, 2.75) is 96.8 Å². The number of ether oxygens (including phenoxy) is 2. The standard InChI is InChI=1S/C33H37F6NO3/c1-6-8-9-10-21-11-14-24(25(17-21)32(34,35)36)27-18-22-12-13-23(19-26(22)40(27)20(3)4)42-28-15-16-29(43-30(41)7-2)31(28,5)33(37,38)39/h7,11-14,17-20,28-29H,2,6,8-10,15-16H2,1,3-5H3. The number of carbonyl (C=O) groups excluding carboxylic acids is 1. The van der Waals surface area contributed by atoms with Crippen LogP contribution in [0.4, 0.5) is 26.3 Å². The molecule has 0 bridgehead atoms. The van der Waals surface area contributed by atoms with Crippen LogP contribution in [0.1, 0.15) is 77.0 Å². The Bertz CT molecular complexity index is 1470. The Balaban J connectivity index is 1.75. The van der Waals surface area contributed by atoms with Crippen molar-refractivity contribution in [3.05, 3.63) is 66.2 Å². The van der Waals surface area contributed by atoms with Gasteiger partial charge in [-0.05, 0) is 76.3 Å². The summed E-state index contributed by atoms with van der Waals surface area (Å²) in [5.74, 6) is -0.811. The molecule has 4 rings (SSSR count). The predicted molar refractivity (Wildman–Crippen MR) is 154 cm³/mol. The summed E-state index contributed by atoms with van der Waals surface area (Å²) in [6, 6.07) is 10.5. The monoisotopic (exact) mass is 609 g/mol. The second-order valence-electron chi connectivity index (χ2n) is 11.6. The zero-order valence-corrected chi connectivity index (χ0v) is 24.7. The van der Waals surface area contributed by atoms with E-state index in [1.807, 2.05) is 20.8 Å². The number of hydrogen-bond acceptors (Lipinski definition) is 3. The molecule has 0 N–H and O–H groups in total. The lowest BCUT2D eigenvalue weighted by Gasteiger charge is -2.37. The van der Waals surface area contributed by atoms with Crippen molar-refractivity contribution in [3.8, 4) is 17.0 Å². The van der Waals surface area contributed by atoms with Crippen molar-refractivity contribution in [1.29, 1.82) is 0 Å². The van der Waals surface area contributed by atoms with E-state index in [2.05, 4.69) is 6.58 Å². The quantitative estimate of drug-likeness (QED) is 0.0994. The Morgan fingerprint density at radius 3 is 2.35 bits per heavy atom. The van der Waals surface area contributed by atoms with Crippen molar-refractivity contribution >= 4 is 16.9 Å². The van der Waals surface area contributed by atoms with Gasteiger partial charge in [0.15, 0.2) is 0 Å². The lowest BCUT2D eigenvalue weighted by molar-refractivity contribution is -0.262. The first-order chi connectivity index (χ1) is 20.1. The lowest BCUT2D eigenvalue weighted by Crippen LogP contribution is -2.51. The number of aryl methyl sites for hydroxylation is 1. The highest BCUT2D eigenvalue weighted by Crippen LogP contribution is 2.53. The molecular formula is C33H37F6NO3. The number of benzene rings is 2. The van der Waals surface area contributed by atoms with E-state index < -0.39 is 41.5 Å². The van der Waals surface area contributed by atoms with Crippen LogP contribution >= 0.6 is 0 Å². The Kier molecular flexibility index (Phi) is 9.28. The maximum Gasteiger partial charge on any atom is 0.417 e. The maximum atomic E-state index is 14.4. The van der Waals surface area contributed by atoms with Gasteiger partial charge >= 0.3 is 18.3 Å². The first kappa shape index (κ1) is 32.5. The molecule has 2 aromatic carbocycles. The van der Waals surface area contributed by atoms with Gasteiger partial charge in [0, 0.05) is 34.8 Å². The first-order valence-electron chi connectivity index (χ1n) is 14.5. The van der Waals surface area contributed by atoms with Gasteiger partial charge in [0.05, 0.1) is 11.1 Å². The third kappa shape index (κ3) is 6.43. The van der Waals surface area contributed by atoms with Gasteiger partial charge in [-0.1, -0.05) is 38.5 Å². The minimum Gasteiger partial charge on any atom is -0.489 e. The van der Waals surface area contributed by atoms with E-state index >= 15 is 0 Å². The zero-order valence-electron chi connectivity index (χ0n) is 24.7. The molecule has 3 atom stereocenters. The minimum atomic E-state index is -4.74. The number of aromatic nitrogens is 1. The van der Waals surface area contributed by atoms with Crippen LogP contribution in [0.3, 0.4) is 0 Å². The molecule has 1 aromatic heterocycles. The number of fused-ring (bicyclic) bond motifs is 1. The van der Waals surface area contributed by atoms with Crippen LogP contribution in [-0.2, 0) is 22.1 Å². The van der Waals surface area contributed by atoms with Crippen molar-refractivity contribution in [3.63, 3.8) is 0 Å². The number of hydrogen-bond donors (Lipinski definition) is 0. The second-order valence-corrected chi connectivity index (χ2v) is 11.6. The fourth-order valence-corrected chi connectivity index (χ4v) is 6.01. The van der Waals surface area contributed by atoms with Gasteiger partial charge in [0.25, 0.3) is 0 Å². The smallest absolute Gasteiger partial charge is 0.417 e. The maximum absolute atomic E-state index is 14.4. The van der Waals surface area contributed by atoms with E-state index in [9.17, 15) is 31.1 Å². The zero-order chi connectivity index (χ0) is 31.7. The molecule has 0 radical (unpaired) electrons. The highest BCUT2D eigenvalue weighted by molar-refractivity contribution is 5.89. The van der Waals surface area contributed by atoms with Crippen molar-refractivity contribution < 1.29 is 40.6 Å². The molecule has 1 fully saturated rings. The fraction of sp³-hybridized carbons (Fsp3) is 0.485. The minimum absolute atomic E-state index is 0.0148. The molecule has 3 aromatic rings. The molecule has 234 valence electrons. The molecule has 1 aliphatic carbocycles. The second kappa shape index (κ2) is 12.3. The highest BCUT2D eigenvalue weighted by atomic mass is 19.4. The number of rotatable bonds is 10. The summed E-state index contributed by atoms with van der Waals surface area (Å²) in [5.41, 5.74) is -1.67. The van der Waals surface area contributed by atoms with Crippen LogP contribution in [0.5, 0.6) is 5.75 Å². The third-order valence-corrected chi connectivity index (χ3v) is 8.41. The molecule has 3 unspecified atom stereocenters. The van der Waals surface area contributed by atoms with Crippen molar-refractivity contribution in [2.75, 3.05) is 0 Å². The molecule has 1 heterocycles. The normalized spacial score (nSPS) is 21.0. The summed E-state index contributed by atoms with van der Waals surface area (Å²) in [4.78, 5) is 11.8. The largest absolute Gasteiger partial charge is 0.489 e. The van der Waals surface area contributed by atoms with Gasteiger partial charge in [-0.15, -0.1) is 0 Å². The molecule has 43 heavy (non-hydrogen) atoms. The summed E-state index contributed by atoms with van der Waals surface area (Å²) in [6.45, 7) is 9.94. The van der Waals surface area contributed by atoms with Crippen LogP contribution in [0.2, 0.25) is 0 Å². The van der Waals surface area contributed by atoms with Crippen molar-refractivity contribution in [1.82, 2.24) is 4.57 Å². The molecular weight excluding hydrogens is 572 g/mol. The van der Waals surface area contributed by atoms with Crippen LogP contribution in [0.25, 0.3) is 22.2 Å².